The first-order valence-electron chi connectivity index (χ1n) is 13.2. The van der Waals surface area contributed by atoms with Crippen molar-refractivity contribution in [2.75, 3.05) is 91.0 Å². The van der Waals surface area contributed by atoms with Gasteiger partial charge in [-0.15, -0.1) is 23.2 Å². The molecular weight excluding hydrogens is 602 g/mol. The van der Waals surface area contributed by atoms with Gasteiger partial charge in [0, 0.05) is 49.9 Å². The van der Waals surface area contributed by atoms with Crippen molar-refractivity contribution in [2.24, 2.45) is 0 Å². The molecule has 0 bridgehead atoms. The Bertz CT molecular complexity index is 747. The number of halogens is 4. The molecule has 0 unspecified atom stereocenters. The Kier molecular flexibility index (Phi) is 32.2. The summed E-state index contributed by atoms with van der Waals surface area (Å²) < 4.78 is 36.5. The van der Waals surface area contributed by atoms with Crippen LogP contribution in [0.2, 0.25) is 0 Å². The summed E-state index contributed by atoms with van der Waals surface area (Å²) in [5.74, 6) is 1.05. The summed E-state index contributed by atoms with van der Waals surface area (Å²) in [6.45, 7) is 13.3. The number of aromatic nitrogens is 2. The fourth-order valence-corrected chi connectivity index (χ4v) is 3.36. The Balaban J connectivity index is 0. The van der Waals surface area contributed by atoms with Crippen molar-refractivity contribution in [1.29, 1.82) is 0 Å². The van der Waals surface area contributed by atoms with Crippen LogP contribution in [0.5, 0.6) is 0 Å². The van der Waals surface area contributed by atoms with Gasteiger partial charge < -0.3 is 53.2 Å². The van der Waals surface area contributed by atoms with E-state index in [1.54, 1.807) is 0 Å². The highest BCUT2D eigenvalue weighted by Crippen LogP contribution is 1.90. The molecule has 0 aromatic carbocycles. The van der Waals surface area contributed by atoms with Crippen molar-refractivity contribution in [3.8, 4) is 0 Å². The molecule has 0 saturated heterocycles. The summed E-state index contributed by atoms with van der Waals surface area (Å²) in [4.78, 5) is 0. The third-order valence-electron chi connectivity index (χ3n) is 5.22. The number of hydrogen-bond acceptors (Lipinski definition) is 6. The number of nitrogens with zero attached hydrogens (tertiary/aromatic N) is 2. The first-order chi connectivity index (χ1) is 18.7. The van der Waals surface area contributed by atoms with Crippen molar-refractivity contribution in [3.05, 3.63) is 60.2 Å². The molecule has 0 N–H and O–H groups in total. The standard InChI is InChI=1S/C20H30N2O3.C8H16Cl2O3.2ClH/c1-19-7-3-5-9-21(19)11-13-23-15-17-25-18-16-24-14-12-22-10-6-4-8-20(22)2;9-1-3-11-5-7-13-8-6-12-4-2-10;;/h3-10H,11-18H2,1-2H3;1-8H2;2*1H/q+2;;;/p-2. The molecule has 2 rings (SSSR count). The van der Waals surface area contributed by atoms with E-state index in [1.807, 2.05) is 24.3 Å². The minimum absolute atomic E-state index is 0. The van der Waals surface area contributed by atoms with E-state index in [0.717, 1.165) is 13.1 Å². The summed E-state index contributed by atoms with van der Waals surface area (Å²) >= 11 is 10.8. The maximum absolute atomic E-state index is 5.60. The van der Waals surface area contributed by atoms with Gasteiger partial charge in [-0.1, -0.05) is 12.1 Å². The number of hydrogen-bond donors (Lipinski definition) is 0. The number of rotatable bonds is 22. The van der Waals surface area contributed by atoms with Crippen LogP contribution < -0.4 is 33.9 Å². The van der Waals surface area contributed by atoms with Gasteiger partial charge in [0.15, 0.2) is 36.9 Å². The molecule has 0 fully saturated rings. The Labute approximate surface area is 263 Å². The maximum atomic E-state index is 5.60. The number of ether oxygens (including phenoxy) is 6. The molecule has 0 aliphatic carbocycles. The maximum Gasteiger partial charge on any atom is 0.178 e. The van der Waals surface area contributed by atoms with Crippen molar-refractivity contribution in [1.82, 2.24) is 0 Å². The van der Waals surface area contributed by atoms with Crippen LogP contribution in [0.3, 0.4) is 0 Å². The molecule has 0 atom stereocenters. The average Bonchev–Trinajstić information content (AvgIpc) is 2.93. The van der Waals surface area contributed by atoms with Crippen LogP contribution in [0, 0.1) is 13.8 Å². The molecule has 2 heterocycles. The van der Waals surface area contributed by atoms with Gasteiger partial charge >= 0.3 is 0 Å². The molecule has 2 aromatic rings. The minimum Gasteiger partial charge on any atom is -1.00 e. The predicted octanol–water partition coefficient (Wildman–Crippen LogP) is -2.85. The Morgan fingerprint density at radius 2 is 0.775 bits per heavy atom. The first-order valence-corrected chi connectivity index (χ1v) is 14.2. The van der Waals surface area contributed by atoms with Crippen molar-refractivity contribution in [2.45, 2.75) is 26.9 Å². The molecule has 8 nitrogen and oxygen atoms in total. The molecule has 12 heteroatoms. The second kappa shape index (κ2) is 31.2. The number of alkyl halides is 2. The quantitative estimate of drug-likeness (QED) is 0.0780. The van der Waals surface area contributed by atoms with E-state index in [0.29, 0.717) is 91.0 Å². The average molecular weight is 648 g/mol. The SMILES string of the molecule is Cc1cccc[n+]1CCOCCOCCOCC[n+]1ccccc1C.ClCCOCCOCCOCCCl.[Cl-].[Cl-]. The van der Waals surface area contributed by atoms with Gasteiger partial charge in [-0.25, -0.2) is 9.13 Å². The molecule has 0 saturated carbocycles. The second-order valence-corrected chi connectivity index (χ2v) is 8.88. The van der Waals surface area contributed by atoms with Gasteiger partial charge in [0.05, 0.1) is 66.1 Å². The molecule has 0 aliphatic heterocycles. The molecule has 0 amide bonds. The monoisotopic (exact) mass is 646 g/mol. The van der Waals surface area contributed by atoms with Gasteiger partial charge in [-0.05, 0) is 0 Å². The summed E-state index contributed by atoms with van der Waals surface area (Å²) in [5, 5.41) is 0. The molecule has 0 radical (unpaired) electrons. The summed E-state index contributed by atoms with van der Waals surface area (Å²) in [7, 11) is 0. The summed E-state index contributed by atoms with van der Waals surface area (Å²) in [6, 6.07) is 12.4. The van der Waals surface area contributed by atoms with Crippen LogP contribution in [-0.2, 0) is 41.5 Å². The van der Waals surface area contributed by atoms with Crippen LogP contribution in [0.15, 0.2) is 48.8 Å². The van der Waals surface area contributed by atoms with Gasteiger partial charge in [-0.3, -0.25) is 0 Å². The van der Waals surface area contributed by atoms with E-state index in [1.165, 1.54) is 11.4 Å². The normalized spacial score (nSPS) is 10.3. The van der Waals surface area contributed by atoms with E-state index >= 15 is 0 Å². The van der Waals surface area contributed by atoms with E-state index in [9.17, 15) is 0 Å². The highest BCUT2D eigenvalue weighted by molar-refractivity contribution is 6.18. The van der Waals surface area contributed by atoms with E-state index in [2.05, 4.69) is 47.5 Å². The molecule has 40 heavy (non-hydrogen) atoms. The largest absolute Gasteiger partial charge is 1.00 e. The van der Waals surface area contributed by atoms with Crippen LogP contribution in [0.25, 0.3) is 0 Å². The highest BCUT2D eigenvalue weighted by Gasteiger charge is 2.04. The van der Waals surface area contributed by atoms with Crippen molar-refractivity contribution >= 4 is 23.2 Å². The fraction of sp³-hybridized carbons (Fsp3) is 0.643. The van der Waals surface area contributed by atoms with E-state index in [-0.39, 0.29) is 24.8 Å². The Morgan fingerprint density at radius 1 is 0.475 bits per heavy atom. The third kappa shape index (κ3) is 23.9. The predicted molar refractivity (Wildman–Crippen MR) is 149 cm³/mol. The van der Waals surface area contributed by atoms with Crippen molar-refractivity contribution in [3.63, 3.8) is 0 Å². The van der Waals surface area contributed by atoms with Crippen LogP contribution in [-0.4, -0.2) is 91.0 Å². The van der Waals surface area contributed by atoms with E-state index in [4.69, 9.17) is 51.6 Å². The van der Waals surface area contributed by atoms with Gasteiger partial charge in [-0.2, -0.15) is 0 Å². The summed E-state index contributed by atoms with van der Waals surface area (Å²) in [6.07, 6.45) is 4.14. The number of pyridine rings is 2. The van der Waals surface area contributed by atoms with E-state index < -0.39 is 0 Å². The zero-order valence-corrected chi connectivity index (χ0v) is 26.8. The van der Waals surface area contributed by atoms with Gasteiger partial charge in [0.1, 0.15) is 13.2 Å². The zero-order valence-electron chi connectivity index (χ0n) is 23.8. The Hall–Kier alpha value is -0.780. The molecule has 2 aromatic heterocycles. The van der Waals surface area contributed by atoms with Gasteiger partial charge in [0.25, 0.3) is 0 Å². The second-order valence-electron chi connectivity index (χ2n) is 8.12. The van der Waals surface area contributed by atoms with Gasteiger partial charge in [0.2, 0.25) is 0 Å². The van der Waals surface area contributed by atoms with Crippen LogP contribution in [0.4, 0.5) is 0 Å². The molecule has 0 aliphatic rings. The lowest BCUT2D eigenvalue weighted by Crippen LogP contribution is -3.00. The summed E-state index contributed by atoms with van der Waals surface area (Å²) in [5.41, 5.74) is 2.48. The first kappa shape index (κ1) is 41.4. The molecule has 232 valence electrons. The van der Waals surface area contributed by atoms with Crippen LogP contribution >= 0.6 is 23.2 Å². The lowest BCUT2D eigenvalue weighted by molar-refractivity contribution is -0.704. The smallest absolute Gasteiger partial charge is 0.178 e. The minimum atomic E-state index is 0. The van der Waals surface area contributed by atoms with Crippen LogP contribution in [0.1, 0.15) is 11.4 Å². The topological polar surface area (TPSA) is 63.1 Å². The zero-order chi connectivity index (χ0) is 27.5. The third-order valence-corrected chi connectivity index (χ3v) is 5.53. The Morgan fingerprint density at radius 3 is 1.07 bits per heavy atom. The number of aryl methyl sites for hydroxylation is 2. The highest BCUT2D eigenvalue weighted by atomic mass is 35.5. The van der Waals surface area contributed by atoms with Crippen molar-refractivity contribution < 1.29 is 62.4 Å². The molecular formula is C28H46Cl4N2O6. The lowest BCUT2D eigenvalue weighted by atomic mass is 10.3. The fourth-order valence-electron chi connectivity index (χ4n) is 3.14. The molecule has 0 spiro atoms. The lowest BCUT2D eigenvalue weighted by Gasteiger charge is -2.06.